The molecule has 6 heteroatoms. The number of carbonyl (C=O) groups excluding carboxylic acids is 2. The summed E-state index contributed by atoms with van der Waals surface area (Å²) in [5.41, 5.74) is 3.22. The van der Waals surface area contributed by atoms with Gasteiger partial charge in [0.05, 0.1) is 5.92 Å². The normalized spacial score (nSPS) is 26.6. The molecule has 138 valence electrons. The number of nitrogens with one attached hydrogen (secondary N) is 1. The molecule has 2 fully saturated rings. The average Bonchev–Trinajstić information content (AvgIpc) is 2.94. The Kier molecular flexibility index (Phi) is 6.12. The van der Waals surface area contributed by atoms with Gasteiger partial charge in [-0.3, -0.25) is 9.59 Å². The molecule has 3 unspecified atom stereocenters. The number of rotatable bonds is 2. The van der Waals surface area contributed by atoms with Crippen LogP contribution in [0.5, 0.6) is 0 Å². The molecule has 2 amide bonds. The summed E-state index contributed by atoms with van der Waals surface area (Å²) >= 11 is 0. The molecule has 0 spiro atoms. The number of aryl methyl sites for hydroxylation is 1. The zero-order valence-electron chi connectivity index (χ0n) is 15.4. The number of benzene rings is 1. The zero-order valence-corrected chi connectivity index (χ0v) is 16.2. The Balaban J connectivity index is 0.00000225. The number of amides is 2. The van der Waals surface area contributed by atoms with Crippen LogP contribution in [0.4, 0.5) is 5.69 Å². The second-order valence-corrected chi connectivity index (χ2v) is 7.14. The van der Waals surface area contributed by atoms with Gasteiger partial charge in [0, 0.05) is 43.8 Å². The van der Waals surface area contributed by atoms with Gasteiger partial charge < -0.3 is 15.1 Å². The Hall–Kier alpha value is -1.59. The number of anilines is 1. The molecule has 5 nitrogen and oxygen atoms in total. The maximum atomic E-state index is 12.9. The van der Waals surface area contributed by atoms with Gasteiger partial charge in [-0.25, -0.2) is 0 Å². The first-order chi connectivity index (χ1) is 11.4. The molecular weight excluding hydrogens is 338 g/mol. The minimum atomic E-state index is -0.231. The van der Waals surface area contributed by atoms with E-state index in [-0.39, 0.29) is 42.2 Å². The number of halogens is 1. The summed E-state index contributed by atoms with van der Waals surface area (Å²) in [6.45, 7) is 10.3. The summed E-state index contributed by atoms with van der Waals surface area (Å²) < 4.78 is 0. The maximum absolute atomic E-state index is 12.9. The second-order valence-electron chi connectivity index (χ2n) is 7.14. The van der Waals surface area contributed by atoms with Gasteiger partial charge in [-0.2, -0.15) is 0 Å². The highest BCUT2D eigenvalue weighted by Crippen LogP contribution is 2.30. The van der Waals surface area contributed by atoms with E-state index in [9.17, 15) is 9.59 Å². The predicted octanol–water partition coefficient (Wildman–Crippen LogP) is 2.29. The summed E-state index contributed by atoms with van der Waals surface area (Å²) in [5, 5.41) is 3.39. The Morgan fingerprint density at radius 3 is 2.68 bits per heavy atom. The number of piperazine rings is 1. The maximum Gasteiger partial charge on any atom is 0.228 e. The first-order valence-corrected chi connectivity index (χ1v) is 8.80. The smallest absolute Gasteiger partial charge is 0.228 e. The van der Waals surface area contributed by atoms with Gasteiger partial charge in [-0.15, -0.1) is 12.4 Å². The minimum absolute atomic E-state index is 0. The molecule has 3 rings (SSSR count). The quantitative estimate of drug-likeness (QED) is 0.874. The van der Waals surface area contributed by atoms with E-state index in [1.54, 1.807) is 4.90 Å². The van der Waals surface area contributed by atoms with E-state index in [4.69, 9.17) is 0 Å². The van der Waals surface area contributed by atoms with E-state index in [2.05, 4.69) is 19.2 Å². The molecule has 25 heavy (non-hydrogen) atoms. The number of hydrogen-bond donors (Lipinski definition) is 1. The molecule has 0 bridgehead atoms. The Bertz CT molecular complexity index is 664. The molecule has 0 radical (unpaired) electrons. The van der Waals surface area contributed by atoms with Crippen LogP contribution in [-0.4, -0.2) is 48.4 Å². The van der Waals surface area contributed by atoms with E-state index in [1.165, 1.54) is 5.56 Å². The van der Waals surface area contributed by atoms with Crippen molar-refractivity contribution >= 4 is 29.9 Å². The lowest BCUT2D eigenvalue weighted by Gasteiger charge is -2.39. The van der Waals surface area contributed by atoms with Crippen LogP contribution in [0.15, 0.2) is 18.2 Å². The van der Waals surface area contributed by atoms with E-state index >= 15 is 0 Å². The summed E-state index contributed by atoms with van der Waals surface area (Å²) in [5.74, 6) is -0.0555. The molecule has 0 aromatic heterocycles. The van der Waals surface area contributed by atoms with Gasteiger partial charge in [-0.05, 0) is 44.9 Å². The first kappa shape index (κ1) is 19.7. The molecule has 0 aliphatic carbocycles. The van der Waals surface area contributed by atoms with Crippen LogP contribution < -0.4 is 10.2 Å². The largest absolute Gasteiger partial charge is 0.337 e. The van der Waals surface area contributed by atoms with Crippen molar-refractivity contribution in [2.75, 3.05) is 24.5 Å². The number of hydrogen-bond acceptors (Lipinski definition) is 3. The molecule has 3 atom stereocenters. The third-order valence-electron chi connectivity index (χ3n) is 5.66. The van der Waals surface area contributed by atoms with Crippen molar-refractivity contribution in [3.8, 4) is 0 Å². The zero-order chi connectivity index (χ0) is 17.4. The van der Waals surface area contributed by atoms with Gasteiger partial charge >= 0.3 is 0 Å². The standard InChI is InChI=1S/C19H27N3O2.ClH/c1-12-6-5-7-17(13(12)2)22-11-16(10-18(22)23)19(24)21-9-8-20-14(3)15(21)4;/h5-7,14-16,20H,8-11H2,1-4H3;1H. The van der Waals surface area contributed by atoms with E-state index in [0.29, 0.717) is 13.0 Å². The Labute approximate surface area is 156 Å². The summed E-state index contributed by atoms with van der Waals surface area (Å²) in [6.07, 6.45) is 0.317. The van der Waals surface area contributed by atoms with Crippen LogP contribution in [0, 0.1) is 19.8 Å². The molecular formula is C19H28ClN3O2. The van der Waals surface area contributed by atoms with Crippen molar-refractivity contribution in [1.29, 1.82) is 0 Å². The molecule has 2 aliphatic heterocycles. The van der Waals surface area contributed by atoms with Crippen LogP contribution in [-0.2, 0) is 9.59 Å². The highest BCUT2D eigenvalue weighted by atomic mass is 35.5. The summed E-state index contributed by atoms with van der Waals surface area (Å²) in [7, 11) is 0. The lowest BCUT2D eigenvalue weighted by Crippen LogP contribution is -2.58. The van der Waals surface area contributed by atoms with Crippen LogP contribution in [0.1, 0.15) is 31.4 Å². The second kappa shape index (κ2) is 7.75. The van der Waals surface area contributed by atoms with E-state index in [0.717, 1.165) is 24.3 Å². The van der Waals surface area contributed by atoms with Crippen LogP contribution in [0.2, 0.25) is 0 Å². The average molecular weight is 366 g/mol. The number of nitrogens with zero attached hydrogens (tertiary/aromatic N) is 2. The van der Waals surface area contributed by atoms with Crippen molar-refractivity contribution in [3.63, 3.8) is 0 Å². The third-order valence-corrected chi connectivity index (χ3v) is 5.66. The van der Waals surface area contributed by atoms with E-state index in [1.807, 2.05) is 36.9 Å². The fourth-order valence-electron chi connectivity index (χ4n) is 3.74. The molecule has 0 saturated carbocycles. The fraction of sp³-hybridized carbons (Fsp3) is 0.579. The molecule has 1 aromatic carbocycles. The molecule has 2 heterocycles. The number of carbonyl (C=O) groups is 2. The molecule has 1 N–H and O–H groups in total. The summed E-state index contributed by atoms with van der Waals surface area (Å²) in [6, 6.07) is 6.44. The summed E-state index contributed by atoms with van der Waals surface area (Å²) in [4.78, 5) is 29.2. The lowest BCUT2D eigenvalue weighted by molar-refractivity contribution is -0.139. The lowest BCUT2D eigenvalue weighted by atomic mass is 10.0. The van der Waals surface area contributed by atoms with Gasteiger partial charge in [0.1, 0.15) is 0 Å². The van der Waals surface area contributed by atoms with Crippen molar-refractivity contribution in [3.05, 3.63) is 29.3 Å². The minimum Gasteiger partial charge on any atom is -0.337 e. The van der Waals surface area contributed by atoms with Gasteiger partial charge in [0.2, 0.25) is 11.8 Å². The monoisotopic (exact) mass is 365 g/mol. The molecule has 2 saturated heterocycles. The van der Waals surface area contributed by atoms with Crippen LogP contribution >= 0.6 is 12.4 Å². The van der Waals surface area contributed by atoms with Crippen molar-refractivity contribution < 1.29 is 9.59 Å². The van der Waals surface area contributed by atoms with Gasteiger partial charge in [0.15, 0.2) is 0 Å². The predicted molar refractivity (Wildman–Crippen MR) is 102 cm³/mol. The van der Waals surface area contributed by atoms with E-state index < -0.39 is 0 Å². The van der Waals surface area contributed by atoms with Gasteiger partial charge in [0.25, 0.3) is 0 Å². The first-order valence-electron chi connectivity index (χ1n) is 8.80. The highest BCUT2D eigenvalue weighted by Gasteiger charge is 2.40. The SMILES string of the molecule is Cc1cccc(N2CC(C(=O)N3CCNC(C)C3C)CC2=O)c1C.Cl. The molecule has 2 aliphatic rings. The Morgan fingerprint density at radius 2 is 1.96 bits per heavy atom. The fourth-order valence-corrected chi connectivity index (χ4v) is 3.74. The van der Waals surface area contributed by atoms with Crippen molar-refractivity contribution in [1.82, 2.24) is 10.2 Å². The Morgan fingerprint density at radius 1 is 1.24 bits per heavy atom. The van der Waals surface area contributed by atoms with Crippen molar-refractivity contribution in [2.24, 2.45) is 5.92 Å². The van der Waals surface area contributed by atoms with Crippen LogP contribution in [0.25, 0.3) is 0 Å². The topological polar surface area (TPSA) is 52.7 Å². The highest BCUT2D eigenvalue weighted by molar-refractivity contribution is 6.01. The van der Waals surface area contributed by atoms with Crippen LogP contribution in [0.3, 0.4) is 0 Å². The van der Waals surface area contributed by atoms with Crippen molar-refractivity contribution in [2.45, 2.75) is 46.2 Å². The third kappa shape index (κ3) is 3.67. The van der Waals surface area contributed by atoms with Gasteiger partial charge in [-0.1, -0.05) is 12.1 Å². The molecule has 1 aromatic rings.